The molecule has 0 amide bonds. The number of rotatable bonds is 8. The average molecular weight is 517 g/mol. The summed E-state index contributed by atoms with van der Waals surface area (Å²) in [4.78, 5) is 9.16. The van der Waals surface area contributed by atoms with Crippen LogP contribution in [-0.2, 0) is 16.6 Å². The second-order valence-electron chi connectivity index (χ2n) is 8.34. The first-order chi connectivity index (χ1) is 16.8. The summed E-state index contributed by atoms with van der Waals surface area (Å²) in [6.07, 6.45) is 1.54. The van der Waals surface area contributed by atoms with Gasteiger partial charge in [-0.3, -0.25) is 9.62 Å². The molecule has 1 saturated heterocycles. The van der Waals surface area contributed by atoms with Crippen LogP contribution in [0.25, 0.3) is 0 Å². The smallest absolute Gasteiger partial charge is 0.261 e. The van der Waals surface area contributed by atoms with Crippen LogP contribution in [0.5, 0.6) is 11.5 Å². The van der Waals surface area contributed by atoms with E-state index in [9.17, 15) is 8.42 Å². The quantitative estimate of drug-likeness (QED) is 0.480. The number of hydrogen-bond acceptors (Lipinski definition) is 7. The highest BCUT2D eigenvalue weighted by molar-refractivity contribution is 7.92. The molecule has 0 spiro atoms. The Kier molecular flexibility index (Phi) is 7.69. The van der Waals surface area contributed by atoms with Crippen LogP contribution in [0.2, 0.25) is 5.02 Å². The Balaban J connectivity index is 1.36. The molecule has 10 heteroatoms. The minimum Gasteiger partial charge on any atom is -0.493 e. The molecule has 0 aliphatic carbocycles. The van der Waals surface area contributed by atoms with Gasteiger partial charge in [0.15, 0.2) is 11.5 Å². The van der Waals surface area contributed by atoms with E-state index in [2.05, 4.69) is 25.6 Å². The van der Waals surface area contributed by atoms with E-state index < -0.39 is 10.0 Å². The second kappa shape index (κ2) is 10.7. The van der Waals surface area contributed by atoms with Crippen LogP contribution in [0.3, 0.4) is 0 Å². The number of methoxy groups -OCH3 is 2. The zero-order chi connectivity index (χ0) is 25.0. The number of sulfonamides is 1. The van der Waals surface area contributed by atoms with Gasteiger partial charge in [-0.05, 0) is 42.8 Å². The first-order valence-corrected chi connectivity index (χ1v) is 13.1. The van der Waals surface area contributed by atoms with E-state index in [0.29, 0.717) is 10.7 Å². The highest BCUT2D eigenvalue weighted by atomic mass is 35.5. The van der Waals surface area contributed by atoms with E-state index in [1.54, 1.807) is 26.4 Å². The number of hydrogen-bond donors (Lipinski definition) is 1. The molecule has 0 unspecified atom stereocenters. The zero-order valence-electron chi connectivity index (χ0n) is 20.0. The van der Waals surface area contributed by atoms with E-state index in [4.69, 9.17) is 21.1 Å². The molecule has 2 aromatic carbocycles. The van der Waals surface area contributed by atoms with Crippen molar-refractivity contribution in [3.63, 3.8) is 0 Å². The lowest BCUT2D eigenvalue weighted by Gasteiger charge is -2.35. The van der Waals surface area contributed by atoms with Gasteiger partial charge in [-0.1, -0.05) is 29.8 Å². The Morgan fingerprint density at radius 1 is 1.03 bits per heavy atom. The van der Waals surface area contributed by atoms with E-state index in [1.165, 1.54) is 18.3 Å². The summed E-state index contributed by atoms with van der Waals surface area (Å²) in [5, 5.41) is 0.408. The number of halogens is 1. The second-order valence-corrected chi connectivity index (χ2v) is 10.4. The maximum absolute atomic E-state index is 12.7. The Hall–Kier alpha value is -3.01. The summed E-state index contributed by atoms with van der Waals surface area (Å²) in [7, 11) is -0.454. The minimum absolute atomic E-state index is 0.112. The molecule has 0 radical (unpaired) electrons. The molecular formula is C25H29ClN4O4S. The number of ether oxygens (including phenoxy) is 2. The number of nitrogens with one attached hydrogen (secondary N) is 1. The molecule has 1 fully saturated rings. The summed E-state index contributed by atoms with van der Waals surface area (Å²) >= 11 is 6.09. The lowest BCUT2D eigenvalue weighted by molar-refractivity contribution is 0.244. The van der Waals surface area contributed by atoms with Gasteiger partial charge in [-0.25, -0.2) is 13.4 Å². The molecule has 2 heterocycles. The fourth-order valence-electron chi connectivity index (χ4n) is 4.04. The monoisotopic (exact) mass is 516 g/mol. The molecule has 4 rings (SSSR count). The van der Waals surface area contributed by atoms with Gasteiger partial charge in [0.05, 0.1) is 31.0 Å². The number of aryl methyl sites for hydroxylation is 1. The fraction of sp³-hybridized carbons (Fsp3) is 0.320. The lowest BCUT2D eigenvalue weighted by atomic mass is 10.1. The number of aromatic nitrogens is 1. The maximum Gasteiger partial charge on any atom is 0.261 e. The highest BCUT2D eigenvalue weighted by Gasteiger charge is 2.21. The van der Waals surface area contributed by atoms with Crippen molar-refractivity contribution in [1.82, 2.24) is 9.88 Å². The van der Waals surface area contributed by atoms with Crippen LogP contribution in [0, 0.1) is 6.92 Å². The summed E-state index contributed by atoms with van der Waals surface area (Å²) in [6, 6.07) is 14.1. The predicted octanol–water partition coefficient (Wildman–Crippen LogP) is 4.18. The van der Waals surface area contributed by atoms with E-state index in [0.717, 1.165) is 61.2 Å². The number of benzene rings is 2. The number of piperazine rings is 1. The number of nitrogens with zero attached hydrogens (tertiary/aromatic N) is 3. The molecule has 1 aliphatic rings. The molecule has 0 saturated carbocycles. The Bertz CT molecular complexity index is 1280. The van der Waals surface area contributed by atoms with Crippen LogP contribution in [0.1, 0.15) is 11.1 Å². The van der Waals surface area contributed by atoms with Crippen LogP contribution in [-0.4, -0.2) is 58.7 Å². The van der Waals surface area contributed by atoms with Gasteiger partial charge >= 0.3 is 0 Å². The third kappa shape index (κ3) is 5.80. The third-order valence-corrected chi connectivity index (χ3v) is 7.81. The van der Waals surface area contributed by atoms with Crippen molar-refractivity contribution in [3.05, 3.63) is 70.9 Å². The van der Waals surface area contributed by atoms with Crippen molar-refractivity contribution in [2.75, 3.05) is 50.0 Å². The fourth-order valence-corrected chi connectivity index (χ4v) is 5.36. The molecule has 0 atom stereocenters. The van der Waals surface area contributed by atoms with Gasteiger partial charge in [0.25, 0.3) is 10.0 Å². The largest absolute Gasteiger partial charge is 0.493 e. The Morgan fingerprint density at radius 2 is 1.80 bits per heavy atom. The molecule has 3 aromatic rings. The van der Waals surface area contributed by atoms with Gasteiger partial charge in [-0.15, -0.1) is 0 Å². The van der Waals surface area contributed by atoms with Crippen LogP contribution in [0.4, 0.5) is 11.5 Å². The highest BCUT2D eigenvalue weighted by Crippen LogP contribution is 2.32. The molecular weight excluding hydrogens is 488 g/mol. The standard InChI is InChI=1S/C25H29ClN4O4S/c1-18-7-9-21(15-22(18)26)35(31,32)28-20-8-10-24(27-16-20)30-13-11-29(12-14-30)17-19-5-4-6-23(33-2)25(19)34-3/h4-10,15-16,28H,11-14,17H2,1-3H3. The van der Waals surface area contributed by atoms with Crippen LogP contribution >= 0.6 is 11.6 Å². The van der Waals surface area contributed by atoms with Gasteiger partial charge in [0.1, 0.15) is 5.82 Å². The first kappa shape index (κ1) is 25.1. The Morgan fingerprint density at radius 3 is 2.43 bits per heavy atom. The molecule has 1 aromatic heterocycles. The molecule has 0 bridgehead atoms. The van der Waals surface area contributed by atoms with E-state index >= 15 is 0 Å². The van der Waals surface area contributed by atoms with E-state index in [1.807, 2.05) is 25.1 Å². The molecule has 8 nitrogen and oxygen atoms in total. The van der Waals surface area contributed by atoms with Crippen molar-refractivity contribution >= 4 is 33.1 Å². The van der Waals surface area contributed by atoms with E-state index in [-0.39, 0.29) is 4.90 Å². The number of para-hydroxylation sites is 1. The SMILES string of the molecule is COc1cccc(CN2CCN(c3ccc(NS(=O)(=O)c4ccc(C)c(Cl)c4)cn3)CC2)c1OC. The predicted molar refractivity (Wildman–Crippen MR) is 138 cm³/mol. The van der Waals surface area contributed by atoms with Crippen LogP contribution in [0.15, 0.2) is 59.6 Å². The lowest BCUT2D eigenvalue weighted by Crippen LogP contribution is -2.46. The third-order valence-electron chi connectivity index (χ3n) is 6.03. The van der Waals surface area contributed by atoms with Gasteiger partial charge in [-0.2, -0.15) is 0 Å². The number of pyridine rings is 1. The molecule has 1 N–H and O–H groups in total. The summed E-state index contributed by atoms with van der Waals surface area (Å²) in [6.45, 7) is 5.95. The maximum atomic E-state index is 12.7. The van der Waals surface area contributed by atoms with Gasteiger partial charge in [0.2, 0.25) is 0 Å². The van der Waals surface area contributed by atoms with Crippen molar-refractivity contribution in [1.29, 1.82) is 0 Å². The Labute approximate surface area is 211 Å². The topological polar surface area (TPSA) is 84.0 Å². The summed E-state index contributed by atoms with van der Waals surface area (Å²) < 4.78 is 38.9. The average Bonchev–Trinajstić information content (AvgIpc) is 2.86. The molecule has 35 heavy (non-hydrogen) atoms. The molecule has 186 valence electrons. The van der Waals surface area contributed by atoms with Gasteiger partial charge < -0.3 is 14.4 Å². The minimum atomic E-state index is -3.75. The van der Waals surface area contributed by atoms with Gasteiger partial charge in [0, 0.05) is 43.3 Å². The summed E-state index contributed by atoms with van der Waals surface area (Å²) in [5.41, 5.74) is 2.30. The first-order valence-electron chi connectivity index (χ1n) is 11.2. The van der Waals surface area contributed by atoms with Crippen LogP contribution < -0.4 is 19.1 Å². The normalized spacial score (nSPS) is 14.6. The molecule has 1 aliphatic heterocycles. The van der Waals surface area contributed by atoms with Crippen molar-refractivity contribution in [2.24, 2.45) is 0 Å². The zero-order valence-corrected chi connectivity index (χ0v) is 21.6. The summed E-state index contributed by atoms with van der Waals surface area (Å²) in [5.74, 6) is 2.31. The van der Waals surface area contributed by atoms with Crippen molar-refractivity contribution in [3.8, 4) is 11.5 Å². The van der Waals surface area contributed by atoms with Crippen molar-refractivity contribution < 1.29 is 17.9 Å². The number of anilines is 2. The van der Waals surface area contributed by atoms with Crippen molar-refractivity contribution in [2.45, 2.75) is 18.4 Å².